The standard InChI is InChI=1S/C52H32N2S/c1-2-14-38(15-3-1)53-47-19-9-6-16-40(47)44-29-35(24-26-49(44)53)36-25-27-50-45(30-36)41-17-7-10-20-48(41)54(50)39-31-43(37-23-22-33-12-4-5-13-34(33)28-37)52-46(32-39)42-18-8-11-21-51(42)55-52/h1-32H/i1D,2D,3D,4D,5D,6D,7D,8D,9D,10D,11D,12D,13D,14D,15D,16D,17D,18D,19D,20D,21D,22D,23D,24D,25D,26D,27D,28D,29D,30D,31D,32D. The van der Waals surface area contributed by atoms with Gasteiger partial charge in [-0.05, 0) is 100.0 Å². The Morgan fingerprint density at radius 1 is 0.345 bits per heavy atom. The van der Waals surface area contributed by atoms with Crippen molar-refractivity contribution in [3.63, 3.8) is 0 Å². The van der Waals surface area contributed by atoms with Gasteiger partial charge in [-0.3, -0.25) is 0 Å². The monoisotopic (exact) mass is 748 g/mol. The first kappa shape index (κ1) is 12.8. The van der Waals surface area contributed by atoms with Gasteiger partial charge in [0.15, 0.2) is 0 Å². The predicted octanol–water partition coefficient (Wildman–Crippen LogP) is 14.7. The Balaban J connectivity index is 1.31. The summed E-state index contributed by atoms with van der Waals surface area (Å²) in [6, 6.07) is -29.0. The minimum atomic E-state index is -1.11. The molecule has 0 N–H and O–H groups in total. The van der Waals surface area contributed by atoms with E-state index in [9.17, 15) is 16.4 Å². The van der Waals surface area contributed by atoms with Gasteiger partial charge in [0.1, 0.15) is 0 Å². The van der Waals surface area contributed by atoms with Crippen molar-refractivity contribution in [1.29, 1.82) is 0 Å². The van der Waals surface area contributed by atoms with Gasteiger partial charge in [0.05, 0.1) is 65.9 Å². The normalized spacial score (nSPS) is 20.1. The number of benzene rings is 9. The third kappa shape index (κ3) is 4.60. The predicted molar refractivity (Wildman–Crippen MR) is 236 cm³/mol. The molecule has 0 bridgehead atoms. The number of hydrogen-bond donors (Lipinski definition) is 0. The van der Waals surface area contributed by atoms with E-state index in [4.69, 9.17) is 27.4 Å². The average Bonchev–Trinajstić information content (AvgIpc) is 1.58. The van der Waals surface area contributed by atoms with E-state index in [0.717, 1.165) is 9.13 Å². The van der Waals surface area contributed by atoms with Crippen molar-refractivity contribution >= 4 is 85.9 Å². The zero-order chi connectivity index (χ0) is 63.9. The summed E-state index contributed by atoms with van der Waals surface area (Å²) in [5.41, 5.74) is -7.41. The molecule has 0 unspecified atom stereocenters. The van der Waals surface area contributed by atoms with Gasteiger partial charge in [0.2, 0.25) is 0 Å². The van der Waals surface area contributed by atoms with Crippen LogP contribution in [0.25, 0.3) is 108 Å². The highest BCUT2D eigenvalue weighted by Crippen LogP contribution is 2.44. The van der Waals surface area contributed by atoms with Gasteiger partial charge in [-0.1, -0.05) is 121 Å². The number of nitrogens with zero attached hydrogens (tertiary/aromatic N) is 2. The molecule has 0 amide bonds. The fourth-order valence-electron chi connectivity index (χ4n) is 6.72. The summed E-state index contributed by atoms with van der Waals surface area (Å²) in [6.07, 6.45) is 0. The number of hydrogen-bond acceptors (Lipinski definition) is 1. The lowest BCUT2D eigenvalue weighted by Gasteiger charge is -2.13. The molecule has 0 atom stereocenters. The van der Waals surface area contributed by atoms with Gasteiger partial charge in [-0.15, -0.1) is 11.3 Å². The molecule has 0 aliphatic carbocycles. The summed E-state index contributed by atoms with van der Waals surface area (Å²) in [7, 11) is 0. The van der Waals surface area contributed by atoms with E-state index in [1.54, 1.807) is 0 Å². The van der Waals surface area contributed by atoms with Gasteiger partial charge in [0, 0.05) is 58.7 Å². The number of fused-ring (bicyclic) bond motifs is 10. The second kappa shape index (κ2) is 11.8. The quantitative estimate of drug-likeness (QED) is 0.170. The molecule has 0 spiro atoms. The average molecular weight is 749 g/mol. The van der Waals surface area contributed by atoms with E-state index in [1.807, 2.05) is 0 Å². The Morgan fingerprint density at radius 3 is 1.60 bits per heavy atom. The van der Waals surface area contributed by atoms with Crippen molar-refractivity contribution in [2.45, 2.75) is 0 Å². The first-order chi connectivity index (χ1) is 40.6. The zero-order valence-corrected chi connectivity index (χ0v) is 28.1. The highest BCUT2D eigenvalue weighted by molar-refractivity contribution is 7.26. The van der Waals surface area contributed by atoms with Crippen molar-refractivity contribution in [2.75, 3.05) is 0 Å². The van der Waals surface area contributed by atoms with E-state index in [0.29, 0.717) is 11.3 Å². The van der Waals surface area contributed by atoms with E-state index in [-0.39, 0.29) is 14.8 Å². The second-order valence-electron chi connectivity index (χ2n) is 12.0. The van der Waals surface area contributed by atoms with Crippen molar-refractivity contribution < 1.29 is 43.9 Å². The lowest BCUT2D eigenvalue weighted by atomic mass is 9.98. The molecule has 2 nitrogen and oxygen atoms in total. The third-order valence-corrected chi connectivity index (χ3v) is 10.2. The van der Waals surface area contributed by atoms with Crippen LogP contribution in [-0.2, 0) is 0 Å². The van der Waals surface area contributed by atoms with Gasteiger partial charge in [0.25, 0.3) is 0 Å². The van der Waals surface area contributed by atoms with Gasteiger partial charge in [-0.25, -0.2) is 0 Å². The maximum Gasteiger partial charge on any atom is 0.0652 e. The highest BCUT2D eigenvalue weighted by atomic mass is 32.1. The molecule has 256 valence electrons. The molecule has 0 fully saturated rings. The van der Waals surface area contributed by atoms with E-state index < -0.39 is 287 Å². The first-order valence-electron chi connectivity index (χ1n) is 32.2. The summed E-state index contributed by atoms with van der Waals surface area (Å²) in [5.74, 6) is 0. The number of thiophene rings is 1. The minimum Gasteiger partial charge on any atom is -0.309 e. The molecule has 3 aromatic heterocycles. The molecule has 12 rings (SSSR count). The Hall–Kier alpha value is -6.94. The van der Waals surface area contributed by atoms with Crippen molar-refractivity contribution in [3.05, 3.63) is 193 Å². The lowest BCUT2D eigenvalue weighted by molar-refractivity contribution is 1.18. The zero-order valence-electron chi connectivity index (χ0n) is 59.3. The van der Waals surface area contributed by atoms with Crippen LogP contribution in [0.2, 0.25) is 0 Å². The van der Waals surface area contributed by atoms with Crippen molar-refractivity contribution in [2.24, 2.45) is 0 Å². The molecule has 0 saturated carbocycles. The molecule has 0 aliphatic rings. The summed E-state index contributed by atoms with van der Waals surface area (Å²) in [5, 5.41) is -4.58. The van der Waals surface area contributed by atoms with E-state index in [1.165, 1.54) is 0 Å². The van der Waals surface area contributed by atoms with Crippen LogP contribution in [0.3, 0.4) is 0 Å². The molecule has 3 heterocycles. The maximum atomic E-state index is 10.2. The van der Waals surface area contributed by atoms with E-state index in [2.05, 4.69) is 0 Å². The fraction of sp³-hybridized carbons (Fsp3) is 0. The molecule has 0 radical (unpaired) electrons. The van der Waals surface area contributed by atoms with E-state index >= 15 is 0 Å². The smallest absolute Gasteiger partial charge is 0.0652 e. The molecule has 12 aromatic rings. The Kier molecular flexibility index (Phi) is 2.75. The molecule has 0 saturated heterocycles. The molecule has 0 aliphatic heterocycles. The molecule has 9 aromatic carbocycles. The minimum absolute atomic E-state index is 0.249. The van der Waals surface area contributed by atoms with Crippen LogP contribution in [0.15, 0.2) is 193 Å². The highest BCUT2D eigenvalue weighted by Gasteiger charge is 2.19. The van der Waals surface area contributed by atoms with Crippen LogP contribution >= 0.6 is 11.3 Å². The number of para-hydroxylation sites is 3. The van der Waals surface area contributed by atoms with Crippen LogP contribution in [0.4, 0.5) is 0 Å². The largest absolute Gasteiger partial charge is 0.309 e. The number of rotatable bonds is 4. The Bertz CT molecular complexity index is 5340. The van der Waals surface area contributed by atoms with Crippen LogP contribution in [-0.4, -0.2) is 9.13 Å². The molecule has 3 heteroatoms. The van der Waals surface area contributed by atoms with Crippen LogP contribution < -0.4 is 0 Å². The maximum absolute atomic E-state index is 10.2. The third-order valence-electron chi connectivity index (χ3n) is 9.05. The van der Waals surface area contributed by atoms with Crippen LogP contribution in [0.5, 0.6) is 0 Å². The summed E-state index contributed by atoms with van der Waals surface area (Å²) >= 11 is 0.564. The summed E-state index contributed by atoms with van der Waals surface area (Å²) < 4.78 is 293. The van der Waals surface area contributed by atoms with Crippen molar-refractivity contribution in [1.82, 2.24) is 9.13 Å². The molecular formula is C52H32N2S. The summed E-state index contributed by atoms with van der Waals surface area (Å²) in [6.45, 7) is 0. The molecule has 55 heavy (non-hydrogen) atoms. The number of aromatic nitrogens is 2. The molecular weight excluding hydrogens is 685 g/mol. The van der Waals surface area contributed by atoms with Gasteiger partial charge in [-0.2, -0.15) is 0 Å². The topological polar surface area (TPSA) is 9.86 Å². The van der Waals surface area contributed by atoms with Crippen LogP contribution in [0, 0.1) is 0 Å². The van der Waals surface area contributed by atoms with Gasteiger partial charge < -0.3 is 9.13 Å². The van der Waals surface area contributed by atoms with Crippen molar-refractivity contribution in [3.8, 4) is 33.6 Å². The van der Waals surface area contributed by atoms with Gasteiger partial charge >= 0.3 is 0 Å². The fourth-order valence-corrected chi connectivity index (χ4v) is 7.79. The van der Waals surface area contributed by atoms with Crippen LogP contribution in [0.1, 0.15) is 43.9 Å². The lowest BCUT2D eigenvalue weighted by Crippen LogP contribution is -1.95. The second-order valence-corrected chi connectivity index (χ2v) is 13.0. The first-order valence-corrected chi connectivity index (χ1v) is 17.1. The Labute approximate surface area is 366 Å². The summed E-state index contributed by atoms with van der Waals surface area (Å²) in [4.78, 5) is 0. The Morgan fingerprint density at radius 2 is 0.891 bits per heavy atom. The SMILES string of the molecule is [2H]c1c([2H])c([2H])c(-n2c3c([2H])c([2H])c([2H])c([2H])c3c3c([2H])c(-c4c([2H])c([2H])c5c(c4[2H])c4c([2H])c([2H])c([2H])c([2H])c4n5-c4c([2H])c(-c5c([2H])c([2H])c6c([2H])c([2H])c([2H])c([2H])c6c5[2H])c5sc6c([2H])c([2H])c([2H])c([2H])c6c5c4[2H])c([2H])c([2H])c32)c([2H])c1[2H].